The number of nitrogens with zero attached hydrogens (tertiary/aromatic N) is 1. The van der Waals surface area contributed by atoms with E-state index >= 15 is 0 Å². The average Bonchev–Trinajstić information content (AvgIpc) is 2.63. The molecule has 2 aromatic rings. The van der Waals surface area contributed by atoms with Crippen LogP contribution in [0.5, 0.6) is 5.75 Å². The molecule has 0 aliphatic carbocycles. The van der Waals surface area contributed by atoms with Gasteiger partial charge in [0.05, 0.1) is 22.8 Å². The quantitative estimate of drug-likeness (QED) is 0.304. The molecule has 146 valence electrons. The van der Waals surface area contributed by atoms with Crippen molar-refractivity contribution >= 4 is 23.2 Å². The van der Waals surface area contributed by atoms with E-state index in [1.807, 2.05) is 5.92 Å². The summed E-state index contributed by atoms with van der Waals surface area (Å²) in [7, 11) is 0. The molecule has 1 aliphatic rings. The van der Waals surface area contributed by atoms with Gasteiger partial charge in [-0.15, -0.1) is 6.42 Å². The van der Waals surface area contributed by atoms with Gasteiger partial charge in [0.25, 0.3) is 0 Å². The van der Waals surface area contributed by atoms with E-state index in [4.69, 9.17) is 18.0 Å². The van der Waals surface area contributed by atoms with E-state index in [-0.39, 0.29) is 0 Å². The Morgan fingerprint density at radius 1 is 1.04 bits per heavy atom. The van der Waals surface area contributed by atoms with Gasteiger partial charge in [0, 0.05) is 11.6 Å². The summed E-state index contributed by atoms with van der Waals surface area (Å²) in [5, 5.41) is -0.673. The fourth-order valence-corrected chi connectivity index (χ4v) is 2.81. The number of rotatable bonds is 2. The van der Waals surface area contributed by atoms with Crippen molar-refractivity contribution in [3.05, 3.63) is 46.2 Å². The molecule has 3 rings (SSSR count). The van der Waals surface area contributed by atoms with Crippen LogP contribution in [0.15, 0.2) is 12.1 Å². The van der Waals surface area contributed by atoms with E-state index in [0.29, 0.717) is 17.0 Å². The van der Waals surface area contributed by atoms with Gasteiger partial charge < -0.3 is 4.74 Å². The molecule has 1 heterocycles. The minimum atomic E-state index is -4.31. The van der Waals surface area contributed by atoms with Crippen molar-refractivity contribution in [3.8, 4) is 29.2 Å². The minimum Gasteiger partial charge on any atom is -0.423 e. The number of terminal acetylenes is 1. The highest BCUT2D eigenvalue weighted by molar-refractivity contribution is 6.33. The molecule has 0 spiro atoms. The highest BCUT2D eigenvalue weighted by Gasteiger charge is 2.50. The van der Waals surface area contributed by atoms with Gasteiger partial charge >= 0.3 is 12.0 Å². The van der Waals surface area contributed by atoms with Crippen molar-refractivity contribution in [2.24, 2.45) is 0 Å². The van der Waals surface area contributed by atoms with Crippen LogP contribution in [0.1, 0.15) is 0 Å². The van der Waals surface area contributed by atoms with Crippen LogP contribution in [-0.2, 0) is 4.79 Å². The zero-order chi connectivity index (χ0) is 21.0. The molecule has 2 aromatic carbocycles. The summed E-state index contributed by atoms with van der Waals surface area (Å²) in [5.41, 5.74) is -2.65. The predicted octanol–water partition coefficient (Wildman–Crippen LogP) is 4.65. The molecule has 1 aliphatic heterocycles. The first-order valence-electron chi connectivity index (χ1n) is 7.18. The Kier molecular flexibility index (Phi) is 4.67. The number of fused-ring (bicyclic) bond motifs is 1. The van der Waals surface area contributed by atoms with Crippen molar-refractivity contribution in [3.63, 3.8) is 0 Å². The lowest BCUT2D eigenvalue weighted by Crippen LogP contribution is -2.50. The molecule has 11 heteroatoms. The molecule has 0 aromatic heterocycles. The topological polar surface area (TPSA) is 29.5 Å². The third-order valence-electron chi connectivity index (χ3n) is 3.80. The monoisotopic (exact) mass is 423 g/mol. The highest BCUT2D eigenvalue weighted by atomic mass is 35.5. The summed E-state index contributed by atoms with van der Waals surface area (Å²) >= 11 is 5.80. The summed E-state index contributed by atoms with van der Waals surface area (Å²) in [4.78, 5) is 12.2. The van der Waals surface area contributed by atoms with E-state index in [1.54, 1.807) is 0 Å². The summed E-state index contributed by atoms with van der Waals surface area (Å²) in [6.07, 6.45) is 0.728. The summed E-state index contributed by atoms with van der Waals surface area (Å²) in [5.74, 6) is -11.9. The number of benzene rings is 2. The van der Waals surface area contributed by atoms with Crippen LogP contribution < -0.4 is 9.64 Å². The Morgan fingerprint density at radius 2 is 1.57 bits per heavy atom. The minimum absolute atomic E-state index is 0.352. The van der Waals surface area contributed by atoms with Crippen LogP contribution in [0.2, 0.25) is 5.02 Å². The van der Waals surface area contributed by atoms with Gasteiger partial charge in [0.1, 0.15) is 0 Å². The maximum absolute atomic E-state index is 14.1. The van der Waals surface area contributed by atoms with Crippen LogP contribution in [-0.4, -0.2) is 18.6 Å². The van der Waals surface area contributed by atoms with E-state index in [0.717, 1.165) is 0 Å². The fourth-order valence-electron chi connectivity index (χ4n) is 2.57. The number of alkyl halides is 2. The van der Waals surface area contributed by atoms with Crippen molar-refractivity contribution in [2.75, 3.05) is 11.4 Å². The zero-order valence-corrected chi connectivity index (χ0v) is 14.0. The van der Waals surface area contributed by atoms with Crippen LogP contribution in [0, 0.1) is 41.4 Å². The SMILES string of the molecule is C#CCN1C(=O)C(F)(F)Oc2cc(Cl)c(-c3c(F)c(F)c(F)c(F)c3F)cc21. The maximum atomic E-state index is 14.1. The molecule has 0 N–H and O–H groups in total. The van der Waals surface area contributed by atoms with Crippen molar-refractivity contribution in [2.45, 2.75) is 6.11 Å². The number of carbonyl (C=O) groups excluding carboxylic acids is 1. The lowest BCUT2D eigenvalue weighted by Gasteiger charge is -2.33. The molecule has 0 unspecified atom stereocenters. The molecule has 0 bridgehead atoms. The van der Waals surface area contributed by atoms with Crippen molar-refractivity contribution < 1.29 is 40.3 Å². The molecule has 0 radical (unpaired) electrons. The first-order valence-corrected chi connectivity index (χ1v) is 7.56. The average molecular weight is 424 g/mol. The van der Waals surface area contributed by atoms with Crippen LogP contribution in [0.25, 0.3) is 11.1 Å². The largest absolute Gasteiger partial charge is 0.483 e. The third-order valence-corrected chi connectivity index (χ3v) is 4.11. The molecule has 3 nitrogen and oxygen atoms in total. The standard InChI is InChI=1S/C17H5ClF7NO2/c1-2-3-26-8-4-6(7(18)5-9(8)28-17(24,25)16(26)27)10-11(19)13(21)15(23)14(22)12(10)20/h1,4-5H,3H2. The van der Waals surface area contributed by atoms with Crippen LogP contribution in [0.4, 0.5) is 36.4 Å². The van der Waals surface area contributed by atoms with E-state index in [2.05, 4.69) is 4.74 Å². The Balaban J connectivity index is 2.32. The Morgan fingerprint density at radius 3 is 2.11 bits per heavy atom. The fraction of sp³-hybridized carbons (Fsp3) is 0.118. The normalized spacial score (nSPS) is 15.1. The predicted molar refractivity (Wildman–Crippen MR) is 83.4 cm³/mol. The Bertz CT molecular complexity index is 1040. The summed E-state index contributed by atoms with van der Waals surface area (Å²) < 4.78 is 100. The molecule has 0 fully saturated rings. The van der Waals surface area contributed by atoms with Gasteiger partial charge in [-0.3, -0.25) is 9.69 Å². The molecule has 0 saturated carbocycles. The lowest BCUT2D eigenvalue weighted by atomic mass is 10.0. The number of hydrogen-bond donors (Lipinski definition) is 0. The smallest absolute Gasteiger partial charge is 0.423 e. The second kappa shape index (κ2) is 6.60. The molecule has 0 atom stereocenters. The number of halogens is 8. The van der Waals surface area contributed by atoms with Crippen molar-refractivity contribution in [1.29, 1.82) is 0 Å². The van der Waals surface area contributed by atoms with Crippen LogP contribution in [0.3, 0.4) is 0 Å². The number of amides is 1. The number of ether oxygens (including phenoxy) is 1. The van der Waals surface area contributed by atoms with E-state index in [1.165, 1.54) is 0 Å². The summed E-state index contributed by atoms with van der Waals surface area (Å²) in [6, 6.07) is 1.31. The van der Waals surface area contributed by atoms with Gasteiger partial charge in [-0.2, -0.15) is 8.78 Å². The molecular formula is C17H5ClF7NO2. The highest BCUT2D eigenvalue weighted by Crippen LogP contribution is 2.46. The Hall–Kier alpha value is -2.93. The first kappa shape index (κ1) is 19.8. The number of anilines is 1. The second-order valence-electron chi connectivity index (χ2n) is 5.46. The second-order valence-corrected chi connectivity index (χ2v) is 5.87. The first-order chi connectivity index (χ1) is 13.0. The third kappa shape index (κ3) is 2.82. The van der Waals surface area contributed by atoms with E-state index in [9.17, 15) is 35.5 Å². The maximum Gasteiger partial charge on any atom is 0.483 e. The van der Waals surface area contributed by atoms with E-state index < -0.39 is 75.2 Å². The zero-order valence-electron chi connectivity index (χ0n) is 13.2. The number of carbonyl (C=O) groups is 1. The molecule has 1 amide bonds. The van der Waals surface area contributed by atoms with Crippen molar-refractivity contribution in [1.82, 2.24) is 0 Å². The summed E-state index contributed by atoms with van der Waals surface area (Å²) in [6.45, 7) is -0.692. The Labute approximate surface area is 157 Å². The van der Waals surface area contributed by atoms with Gasteiger partial charge in [-0.25, -0.2) is 22.0 Å². The molecule has 0 saturated heterocycles. The molecular weight excluding hydrogens is 419 g/mol. The van der Waals surface area contributed by atoms with Crippen LogP contribution >= 0.6 is 11.6 Å². The van der Waals surface area contributed by atoms with Gasteiger partial charge in [-0.05, 0) is 6.07 Å². The number of hydrogen-bond acceptors (Lipinski definition) is 2. The lowest BCUT2D eigenvalue weighted by molar-refractivity contribution is -0.192. The van der Waals surface area contributed by atoms with Gasteiger partial charge in [0.2, 0.25) is 5.82 Å². The molecule has 28 heavy (non-hydrogen) atoms. The van der Waals surface area contributed by atoms with Gasteiger partial charge in [-0.1, -0.05) is 17.5 Å². The van der Waals surface area contributed by atoms with Gasteiger partial charge in [0.15, 0.2) is 29.0 Å².